The maximum atomic E-state index is 13.5. The van der Waals surface area contributed by atoms with Crippen molar-refractivity contribution < 1.29 is 5.11 Å². The molecule has 3 aliphatic rings. The lowest BCUT2D eigenvalue weighted by molar-refractivity contribution is -0.0335. The van der Waals surface area contributed by atoms with E-state index in [4.69, 9.17) is 10.7 Å². The molecule has 0 saturated heterocycles. The highest BCUT2D eigenvalue weighted by Crippen LogP contribution is 2.66. The summed E-state index contributed by atoms with van der Waals surface area (Å²) in [5.74, 6) is 1.46. The molecule has 3 aromatic heterocycles. The minimum atomic E-state index is -0.649. The van der Waals surface area contributed by atoms with Gasteiger partial charge in [-0.05, 0) is 68.4 Å². The van der Waals surface area contributed by atoms with E-state index in [0.29, 0.717) is 30.1 Å². The minimum absolute atomic E-state index is 0.0789. The lowest BCUT2D eigenvalue weighted by atomic mass is 9.72. The molecule has 3 fully saturated rings. The highest BCUT2D eigenvalue weighted by molar-refractivity contribution is 5.91. The van der Waals surface area contributed by atoms with Crippen LogP contribution in [0, 0.1) is 5.41 Å². The first-order chi connectivity index (χ1) is 15.9. The first-order valence-electron chi connectivity index (χ1n) is 11.9. The Balaban J connectivity index is 1.38. The van der Waals surface area contributed by atoms with Crippen molar-refractivity contribution in [2.75, 3.05) is 5.73 Å². The van der Waals surface area contributed by atoms with Gasteiger partial charge in [-0.2, -0.15) is 0 Å². The van der Waals surface area contributed by atoms with Crippen LogP contribution in [0.2, 0.25) is 0 Å². The average molecular weight is 442 g/mol. The van der Waals surface area contributed by atoms with Crippen molar-refractivity contribution in [3.63, 3.8) is 0 Å². The molecule has 7 rings (SSSR count). The standard InChI is InChI=1S/C26H27N5O2/c1-25(33)13-17(14-25)23-29-20(21-22(27)28-9-11-31(21)23)16-3-2-15-5-10-30(24(32)18(15)12-16)19-4-6-26(19)7-8-26/h2-3,5,9-12,17,19,33H,4,6-8,13-14H2,1H3,(H2,27,28). The zero-order valence-electron chi connectivity index (χ0n) is 18.7. The van der Waals surface area contributed by atoms with Crippen LogP contribution < -0.4 is 11.3 Å². The summed E-state index contributed by atoms with van der Waals surface area (Å²) in [6, 6.07) is 8.35. The van der Waals surface area contributed by atoms with Gasteiger partial charge in [0.2, 0.25) is 0 Å². The fourth-order valence-electron chi connectivity index (χ4n) is 6.27. The Bertz CT molecular complexity index is 1500. The Morgan fingerprint density at radius 1 is 1.15 bits per heavy atom. The van der Waals surface area contributed by atoms with Gasteiger partial charge in [0.25, 0.3) is 5.56 Å². The second kappa shape index (κ2) is 6.23. The van der Waals surface area contributed by atoms with E-state index >= 15 is 0 Å². The highest BCUT2D eigenvalue weighted by Gasteiger charge is 2.56. The molecule has 0 radical (unpaired) electrons. The molecule has 0 amide bonds. The second-order valence-corrected chi connectivity index (χ2v) is 10.7. The summed E-state index contributed by atoms with van der Waals surface area (Å²) < 4.78 is 3.96. The van der Waals surface area contributed by atoms with Gasteiger partial charge in [-0.25, -0.2) is 9.97 Å². The first kappa shape index (κ1) is 19.3. The Morgan fingerprint density at radius 3 is 2.67 bits per heavy atom. The molecule has 3 saturated carbocycles. The maximum Gasteiger partial charge on any atom is 0.258 e. The Morgan fingerprint density at radius 2 is 1.97 bits per heavy atom. The largest absolute Gasteiger partial charge is 0.390 e. The molecule has 1 unspecified atom stereocenters. The fraction of sp³-hybridized carbons (Fsp3) is 0.423. The van der Waals surface area contributed by atoms with Gasteiger partial charge in [-0.3, -0.25) is 9.20 Å². The highest BCUT2D eigenvalue weighted by atomic mass is 16.3. The molecule has 3 heterocycles. The van der Waals surface area contributed by atoms with Crippen LogP contribution in [0.3, 0.4) is 0 Å². The van der Waals surface area contributed by atoms with Crippen LogP contribution in [-0.2, 0) is 0 Å². The van der Waals surface area contributed by atoms with E-state index < -0.39 is 5.60 Å². The number of aliphatic hydroxyl groups is 1. The van der Waals surface area contributed by atoms with Crippen LogP contribution in [0.15, 0.2) is 47.7 Å². The van der Waals surface area contributed by atoms with Crippen LogP contribution in [0.1, 0.15) is 63.2 Å². The van der Waals surface area contributed by atoms with Crippen molar-refractivity contribution in [2.24, 2.45) is 5.41 Å². The summed E-state index contributed by atoms with van der Waals surface area (Å²) in [5.41, 5.74) is 8.47. The number of nitrogens with two attached hydrogens (primary N) is 1. The number of benzene rings is 1. The Labute approximate surface area is 190 Å². The number of hydrogen-bond acceptors (Lipinski definition) is 5. The molecule has 4 aromatic rings. The van der Waals surface area contributed by atoms with Gasteiger partial charge < -0.3 is 15.4 Å². The van der Waals surface area contributed by atoms with Crippen LogP contribution >= 0.6 is 0 Å². The molecule has 1 spiro atoms. The van der Waals surface area contributed by atoms with Gasteiger partial charge in [0.05, 0.1) is 5.60 Å². The van der Waals surface area contributed by atoms with Gasteiger partial charge in [0.15, 0.2) is 0 Å². The van der Waals surface area contributed by atoms with E-state index in [9.17, 15) is 9.90 Å². The van der Waals surface area contributed by atoms with Crippen LogP contribution in [-0.4, -0.2) is 29.6 Å². The predicted molar refractivity (Wildman–Crippen MR) is 127 cm³/mol. The van der Waals surface area contributed by atoms with Gasteiger partial charge in [-0.15, -0.1) is 0 Å². The molecule has 3 N–H and O–H groups in total. The number of imidazole rings is 1. The minimum Gasteiger partial charge on any atom is -0.390 e. The molecular weight excluding hydrogens is 414 g/mol. The smallest absolute Gasteiger partial charge is 0.258 e. The van der Waals surface area contributed by atoms with Crippen LogP contribution in [0.25, 0.3) is 27.5 Å². The number of rotatable bonds is 3. The summed E-state index contributed by atoms with van der Waals surface area (Å²) in [4.78, 5) is 22.8. The van der Waals surface area contributed by atoms with Crippen molar-refractivity contribution in [3.05, 3.63) is 59.0 Å². The van der Waals surface area contributed by atoms with E-state index in [1.165, 1.54) is 19.3 Å². The van der Waals surface area contributed by atoms with Crippen LogP contribution in [0.5, 0.6) is 0 Å². The van der Waals surface area contributed by atoms with Crippen molar-refractivity contribution in [1.29, 1.82) is 0 Å². The van der Waals surface area contributed by atoms with E-state index in [1.807, 2.05) is 46.5 Å². The quantitative estimate of drug-likeness (QED) is 0.500. The summed E-state index contributed by atoms with van der Waals surface area (Å²) in [6.45, 7) is 1.86. The summed E-state index contributed by atoms with van der Waals surface area (Å²) in [7, 11) is 0. The summed E-state index contributed by atoms with van der Waals surface area (Å²) in [5, 5.41) is 11.9. The number of pyridine rings is 1. The predicted octanol–water partition coefficient (Wildman–Crippen LogP) is 4.04. The summed E-state index contributed by atoms with van der Waals surface area (Å²) >= 11 is 0. The Hall–Kier alpha value is -3.19. The molecule has 7 heteroatoms. The molecule has 0 aliphatic heterocycles. The number of aromatic nitrogens is 4. The third kappa shape index (κ3) is 2.69. The van der Waals surface area contributed by atoms with Crippen LogP contribution in [0.4, 0.5) is 5.82 Å². The molecule has 1 atom stereocenters. The monoisotopic (exact) mass is 441 g/mol. The Kier molecular flexibility index (Phi) is 3.64. The molecule has 168 valence electrons. The first-order valence-corrected chi connectivity index (χ1v) is 11.9. The normalized spacial score (nSPS) is 27.6. The van der Waals surface area contributed by atoms with E-state index in [2.05, 4.69) is 11.1 Å². The third-order valence-electron chi connectivity index (χ3n) is 8.40. The number of nitrogens with zero attached hydrogens (tertiary/aromatic N) is 4. The topological polar surface area (TPSA) is 98.4 Å². The summed E-state index contributed by atoms with van der Waals surface area (Å²) in [6.07, 6.45) is 11.7. The van der Waals surface area contributed by atoms with Gasteiger partial charge >= 0.3 is 0 Å². The lowest BCUT2D eigenvalue weighted by Gasteiger charge is -2.40. The zero-order chi connectivity index (χ0) is 22.5. The van der Waals surface area contributed by atoms with Gasteiger partial charge in [-0.1, -0.05) is 12.1 Å². The third-order valence-corrected chi connectivity index (χ3v) is 8.40. The number of nitrogen functional groups attached to an aromatic ring is 1. The molecular formula is C26H27N5O2. The SMILES string of the molecule is CC1(O)CC(c2nc(-c3ccc4ccn(C5CCC56CC6)c(=O)c4c3)c3c(N)nccn23)C1. The lowest BCUT2D eigenvalue weighted by Crippen LogP contribution is -2.40. The van der Waals surface area contributed by atoms with E-state index in [1.54, 1.807) is 6.20 Å². The second-order valence-electron chi connectivity index (χ2n) is 10.7. The fourth-order valence-corrected chi connectivity index (χ4v) is 6.27. The number of anilines is 1. The van der Waals surface area contributed by atoms with E-state index in [0.717, 1.165) is 39.8 Å². The molecule has 1 aromatic carbocycles. The molecule has 3 aliphatic carbocycles. The average Bonchev–Trinajstić information content (AvgIpc) is 3.51. The molecule has 7 nitrogen and oxygen atoms in total. The molecule has 0 bridgehead atoms. The molecule has 33 heavy (non-hydrogen) atoms. The zero-order valence-corrected chi connectivity index (χ0v) is 18.7. The van der Waals surface area contributed by atoms with Crippen molar-refractivity contribution in [3.8, 4) is 11.3 Å². The van der Waals surface area contributed by atoms with Gasteiger partial charge in [0, 0.05) is 41.5 Å². The maximum absolute atomic E-state index is 13.5. The van der Waals surface area contributed by atoms with Crippen molar-refractivity contribution >= 4 is 22.1 Å². The number of fused-ring (bicyclic) bond motifs is 2. The van der Waals surface area contributed by atoms with Gasteiger partial charge in [0.1, 0.15) is 22.9 Å². The number of hydrogen-bond donors (Lipinski definition) is 2. The van der Waals surface area contributed by atoms with E-state index in [-0.39, 0.29) is 11.5 Å². The van der Waals surface area contributed by atoms with Crippen molar-refractivity contribution in [2.45, 2.75) is 63.0 Å². The van der Waals surface area contributed by atoms with Crippen molar-refractivity contribution in [1.82, 2.24) is 18.9 Å².